The van der Waals surface area contributed by atoms with E-state index in [1.165, 1.54) is 11.3 Å². The SMILES string of the molecule is CC.NCc1cccc(C(=O)NC(C(=O)Nc2nc3ccccc3s2)c2ccccc2)c1. The molecule has 0 aliphatic heterocycles. The molecule has 164 valence electrons. The van der Waals surface area contributed by atoms with E-state index in [2.05, 4.69) is 15.6 Å². The third kappa shape index (κ3) is 5.57. The van der Waals surface area contributed by atoms with E-state index in [4.69, 9.17) is 5.73 Å². The number of rotatable bonds is 6. The second-order valence-electron chi connectivity index (χ2n) is 6.70. The topological polar surface area (TPSA) is 97.1 Å². The number of thiazole rings is 1. The van der Waals surface area contributed by atoms with Crippen molar-refractivity contribution in [3.63, 3.8) is 0 Å². The summed E-state index contributed by atoms with van der Waals surface area (Å²) in [5, 5.41) is 6.17. The van der Waals surface area contributed by atoms with Gasteiger partial charge < -0.3 is 11.1 Å². The number of aromatic nitrogens is 1. The quantitative estimate of drug-likeness (QED) is 0.393. The zero-order valence-corrected chi connectivity index (χ0v) is 18.9. The van der Waals surface area contributed by atoms with Crippen LogP contribution in [0, 0.1) is 0 Å². The van der Waals surface area contributed by atoms with E-state index in [1.54, 1.807) is 30.3 Å². The first-order valence-electron chi connectivity index (χ1n) is 10.5. The highest BCUT2D eigenvalue weighted by Crippen LogP contribution is 2.26. The van der Waals surface area contributed by atoms with E-state index in [1.807, 2.05) is 62.4 Å². The van der Waals surface area contributed by atoms with Gasteiger partial charge in [-0.3, -0.25) is 14.9 Å². The number of amides is 2. The van der Waals surface area contributed by atoms with Crippen LogP contribution < -0.4 is 16.4 Å². The Hall–Kier alpha value is -3.55. The van der Waals surface area contributed by atoms with E-state index >= 15 is 0 Å². The molecule has 32 heavy (non-hydrogen) atoms. The molecule has 4 N–H and O–H groups in total. The molecule has 1 heterocycles. The van der Waals surface area contributed by atoms with Crippen molar-refractivity contribution in [3.8, 4) is 0 Å². The first-order chi connectivity index (χ1) is 15.6. The summed E-state index contributed by atoms with van der Waals surface area (Å²) in [4.78, 5) is 30.4. The second-order valence-corrected chi connectivity index (χ2v) is 7.73. The predicted molar refractivity (Wildman–Crippen MR) is 131 cm³/mol. The Morgan fingerprint density at radius 2 is 1.69 bits per heavy atom. The largest absolute Gasteiger partial charge is 0.336 e. The van der Waals surface area contributed by atoms with Crippen LogP contribution in [0.1, 0.15) is 41.4 Å². The first kappa shape index (κ1) is 23.1. The summed E-state index contributed by atoms with van der Waals surface area (Å²) in [6.45, 7) is 4.33. The number of carbonyl (C=O) groups is 2. The minimum Gasteiger partial charge on any atom is -0.336 e. The molecule has 1 atom stereocenters. The molecule has 0 bridgehead atoms. The average molecular weight is 447 g/mol. The van der Waals surface area contributed by atoms with Crippen LogP contribution in [0.25, 0.3) is 10.2 Å². The van der Waals surface area contributed by atoms with Crippen LogP contribution in [0.3, 0.4) is 0 Å². The molecule has 0 spiro atoms. The van der Waals surface area contributed by atoms with Crippen molar-refractivity contribution in [2.24, 2.45) is 5.73 Å². The van der Waals surface area contributed by atoms with Gasteiger partial charge in [0.05, 0.1) is 10.2 Å². The number of nitrogens with two attached hydrogens (primary N) is 1. The minimum atomic E-state index is -0.868. The smallest absolute Gasteiger partial charge is 0.253 e. The number of anilines is 1. The highest BCUT2D eigenvalue weighted by molar-refractivity contribution is 7.22. The summed E-state index contributed by atoms with van der Waals surface area (Å²) in [7, 11) is 0. The normalized spacial score (nSPS) is 11.2. The molecule has 2 amide bonds. The van der Waals surface area contributed by atoms with E-state index in [0.717, 1.165) is 15.8 Å². The van der Waals surface area contributed by atoms with Crippen LogP contribution in [0.15, 0.2) is 78.9 Å². The highest BCUT2D eigenvalue weighted by Gasteiger charge is 2.24. The zero-order valence-electron chi connectivity index (χ0n) is 18.0. The molecule has 0 radical (unpaired) electrons. The minimum absolute atomic E-state index is 0.335. The number of hydrogen-bond acceptors (Lipinski definition) is 5. The van der Waals surface area contributed by atoms with Gasteiger partial charge >= 0.3 is 0 Å². The van der Waals surface area contributed by atoms with Crippen molar-refractivity contribution in [3.05, 3.63) is 95.6 Å². The summed E-state index contributed by atoms with van der Waals surface area (Å²) in [6.07, 6.45) is 0. The Morgan fingerprint density at radius 1 is 0.969 bits per heavy atom. The maximum absolute atomic E-state index is 13.1. The Morgan fingerprint density at radius 3 is 2.41 bits per heavy atom. The molecular formula is C25H26N4O2S. The second kappa shape index (κ2) is 11.2. The van der Waals surface area contributed by atoms with E-state index in [0.29, 0.717) is 22.8 Å². The Kier molecular flexibility index (Phi) is 8.08. The molecule has 1 unspecified atom stereocenters. The summed E-state index contributed by atoms with van der Waals surface area (Å²) in [5.41, 5.74) is 8.47. The molecule has 3 aromatic carbocycles. The van der Waals surface area contributed by atoms with Crippen LogP contribution >= 0.6 is 11.3 Å². The first-order valence-corrected chi connectivity index (χ1v) is 11.3. The Bertz CT molecular complexity index is 1160. The van der Waals surface area contributed by atoms with Gasteiger partial charge in [0, 0.05) is 12.1 Å². The van der Waals surface area contributed by atoms with E-state index in [-0.39, 0.29) is 11.8 Å². The molecule has 0 fully saturated rings. The lowest BCUT2D eigenvalue weighted by molar-refractivity contribution is -0.118. The van der Waals surface area contributed by atoms with Crippen LogP contribution in [0.2, 0.25) is 0 Å². The van der Waals surface area contributed by atoms with Crippen LogP contribution in [-0.4, -0.2) is 16.8 Å². The lowest BCUT2D eigenvalue weighted by atomic mass is 10.0. The van der Waals surface area contributed by atoms with Gasteiger partial charge in [0.1, 0.15) is 6.04 Å². The molecule has 7 heteroatoms. The number of fused-ring (bicyclic) bond motifs is 1. The Labute approximate surface area is 191 Å². The lowest BCUT2D eigenvalue weighted by Crippen LogP contribution is -2.37. The molecule has 4 rings (SSSR count). The summed E-state index contributed by atoms with van der Waals surface area (Å²) < 4.78 is 0.978. The van der Waals surface area contributed by atoms with Gasteiger partial charge in [-0.05, 0) is 35.4 Å². The van der Waals surface area contributed by atoms with Crippen LogP contribution in [-0.2, 0) is 11.3 Å². The maximum Gasteiger partial charge on any atom is 0.253 e. The van der Waals surface area contributed by atoms with Gasteiger partial charge in [0.25, 0.3) is 11.8 Å². The molecule has 0 aliphatic rings. The molecule has 0 saturated carbocycles. The summed E-state index contributed by atoms with van der Waals surface area (Å²) >= 11 is 1.39. The average Bonchev–Trinajstić information content (AvgIpc) is 3.26. The fraction of sp³-hybridized carbons (Fsp3) is 0.160. The van der Waals surface area contributed by atoms with Gasteiger partial charge in [-0.1, -0.05) is 79.8 Å². The molecule has 0 aliphatic carbocycles. The Balaban J connectivity index is 0.00000141. The number of para-hydroxylation sites is 1. The highest BCUT2D eigenvalue weighted by atomic mass is 32.1. The standard InChI is InChI=1S/C23H20N4O2S.C2H6/c24-14-15-7-6-10-17(13-15)21(28)26-20(16-8-2-1-3-9-16)22(29)27-23-25-18-11-4-5-12-19(18)30-23;1-2/h1-13,20H,14,24H2,(H,26,28)(H,25,27,29);1-2H3. The van der Waals surface area contributed by atoms with E-state index < -0.39 is 6.04 Å². The summed E-state index contributed by atoms with van der Waals surface area (Å²) in [6, 6.07) is 23.0. The monoisotopic (exact) mass is 446 g/mol. The molecular weight excluding hydrogens is 420 g/mol. The van der Waals surface area contributed by atoms with Gasteiger partial charge in [-0.2, -0.15) is 0 Å². The predicted octanol–water partition coefficient (Wildman–Crippen LogP) is 4.89. The zero-order chi connectivity index (χ0) is 22.9. The molecule has 6 nitrogen and oxygen atoms in total. The van der Waals surface area contributed by atoms with Crippen molar-refractivity contribution in [1.29, 1.82) is 0 Å². The molecule has 1 aromatic heterocycles. The summed E-state index contributed by atoms with van der Waals surface area (Å²) in [5.74, 6) is -0.706. The van der Waals surface area contributed by atoms with Crippen LogP contribution in [0.4, 0.5) is 5.13 Å². The fourth-order valence-corrected chi connectivity index (χ4v) is 3.97. The third-order valence-corrected chi connectivity index (χ3v) is 5.57. The van der Waals surface area contributed by atoms with E-state index in [9.17, 15) is 9.59 Å². The lowest BCUT2D eigenvalue weighted by Gasteiger charge is -2.18. The van der Waals surface area contributed by atoms with Gasteiger partial charge in [-0.15, -0.1) is 0 Å². The van der Waals surface area contributed by atoms with Crippen LogP contribution in [0.5, 0.6) is 0 Å². The van der Waals surface area contributed by atoms with Crippen molar-refractivity contribution < 1.29 is 9.59 Å². The number of carbonyl (C=O) groups excluding carboxylic acids is 2. The fourth-order valence-electron chi connectivity index (χ4n) is 3.10. The van der Waals surface area contributed by atoms with Gasteiger partial charge in [0.2, 0.25) is 0 Å². The number of benzene rings is 3. The number of nitrogens with zero attached hydrogens (tertiary/aromatic N) is 1. The molecule has 4 aromatic rings. The van der Waals surface area contributed by atoms with Gasteiger partial charge in [0.15, 0.2) is 5.13 Å². The third-order valence-electron chi connectivity index (χ3n) is 4.62. The molecule has 0 saturated heterocycles. The van der Waals surface area contributed by atoms with Crippen molar-refractivity contribution in [2.75, 3.05) is 5.32 Å². The van der Waals surface area contributed by atoms with Crippen molar-refractivity contribution in [1.82, 2.24) is 10.3 Å². The van der Waals surface area contributed by atoms with Crippen molar-refractivity contribution >= 4 is 38.5 Å². The van der Waals surface area contributed by atoms with Gasteiger partial charge in [-0.25, -0.2) is 4.98 Å². The maximum atomic E-state index is 13.1. The van der Waals surface area contributed by atoms with Crippen molar-refractivity contribution in [2.45, 2.75) is 26.4 Å². The number of hydrogen-bond donors (Lipinski definition) is 3. The number of nitrogens with one attached hydrogen (secondary N) is 2.